The Bertz CT molecular complexity index is 1120. The highest BCUT2D eigenvalue weighted by Crippen LogP contribution is 2.37. The quantitative estimate of drug-likeness (QED) is 0.519. The molecule has 3 aliphatic rings. The highest BCUT2D eigenvalue weighted by Gasteiger charge is 2.38. The molecule has 0 spiro atoms. The number of morpholine rings is 1. The standard InChI is InChI=1S/C22H24N4O3S2/c27-20-16(14-17-21(28)26(22(30)31-17)15-6-2-1-3-7-15)19(24-10-12-29-13-11-24)23-18-8-4-5-9-25(18)20/h4-5,8-9,14-15H,1-3,6-7,10-13H2/b17-14-. The molecule has 0 atom stereocenters. The van der Waals surface area contributed by atoms with E-state index in [0.717, 1.165) is 25.7 Å². The summed E-state index contributed by atoms with van der Waals surface area (Å²) < 4.78 is 7.59. The molecule has 2 aromatic rings. The molecule has 0 unspecified atom stereocenters. The van der Waals surface area contributed by atoms with Gasteiger partial charge < -0.3 is 9.64 Å². The fraction of sp³-hybridized carbons (Fsp3) is 0.455. The molecule has 3 fully saturated rings. The molecule has 162 valence electrons. The monoisotopic (exact) mass is 456 g/mol. The number of hydrogen-bond donors (Lipinski definition) is 0. The molecule has 9 heteroatoms. The van der Waals surface area contributed by atoms with E-state index in [0.29, 0.717) is 52.6 Å². The maximum atomic E-state index is 13.4. The van der Waals surface area contributed by atoms with E-state index in [1.54, 1.807) is 23.2 Å². The van der Waals surface area contributed by atoms with Crippen LogP contribution in [0.4, 0.5) is 5.82 Å². The molecule has 1 saturated carbocycles. The van der Waals surface area contributed by atoms with Gasteiger partial charge in [0.1, 0.15) is 15.8 Å². The number of amides is 1. The Kier molecular flexibility index (Phi) is 5.81. The third-order valence-electron chi connectivity index (χ3n) is 6.10. The van der Waals surface area contributed by atoms with Crippen LogP contribution in [0.15, 0.2) is 34.1 Å². The van der Waals surface area contributed by atoms with Gasteiger partial charge in [0.25, 0.3) is 11.5 Å². The lowest BCUT2D eigenvalue weighted by atomic mass is 9.94. The van der Waals surface area contributed by atoms with Crippen LogP contribution in [0.3, 0.4) is 0 Å². The number of thiocarbonyl (C=S) groups is 1. The van der Waals surface area contributed by atoms with Crippen LogP contribution in [-0.4, -0.2) is 56.9 Å². The maximum absolute atomic E-state index is 13.4. The van der Waals surface area contributed by atoms with Gasteiger partial charge in [0.15, 0.2) is 0 Å². The van der Waals surface area contributed by atoms with E-state index in [2.05, 4.69) is 4.90 Å². The van der Waals surface area contributed by atoms with E-state index in [4.69, 9.17) is 21.9 Å². The Morgan fingerprint density at radius 2 is 1.90 bits per heavy atom. The molecule has 2 aliphatic heterocycles. The van der Waals surface area contributed by atoms with Gasteiger partial charge in [0.2, 0.25) is 0 Å². The van der Waals surface area contributed by atoms with Crippen molar-refractivity contribution in [1.29, 1.82) is 0 Å². The molecule has 0 bridgehead atoms. The molecule has 4 heterocycles. The van der Waals surface area contributed by atoms with E-state index < -0.39 is 0 Å². The zero-order valence-electron chi connectivity index (χ0n) is 17.2. The summed E-state index contributed by atoms with van der Waals surface area (Å²) in [5.41, 5.74) is 0.825. The summed E-state index contributed by atoms with van der Waals surface area (Å²) in [6, 6.07) is 5.65. The van der Waals surface area contributed by atoms with E-state index in [1.807, 2.05) is 12.1 Å². The number of hydrogen-bond acceptors (Lipinski definition) is 7. The number of carbonyl (C=O) groups excluding carboxylic acids is 1. The molecular formula is C22H24N4O3S2. The summed E-state index contributed by atoms with van der Waals surface area (Å²) in [6.45, 7) is 2.47. The fourth-order valence-corrected chi connectivity index (χ4v) is 5.88. The van der Waals surface area contributed by atoms with Crippen molar-refractivity contribution >= 4 is 51.7 Å². The summed E-state index contributed by atoms with van der Waals surface area (Å²) in [7, 11) is 0. The second-order valence-corrected chi connectivity index (χ2v) is 9.70. The second kappa shape index (κ2) is 8.72. The van der Waals surface area contributed by atoms with Crippen LogP contribution in [-0.2, 0) is 9.53 Å². The molecule has 1 amide bonds. The first kappa shape index (κ1) is 20.7. The van der Waals surface area contributed by atoms with E-state index in [-0.39, 0.29) is 17.5 Å². The largest absolute Gasteiger partial charge is 0.378 e. The topological polar surface area (TPSA) is 67.2 Å². The van der Waals surface area contributed by atoms with Crippen LogP contribution in [0.5, 0.6) is 0 Å². The van der Waals surface area contributed by atoms with Crippen molar-refractivity contribution < 1.29 is 9.53 Å². The summed E-state index contributed by atoms with van der Waals surface area (Å²) in [5.74, 6) is 0.509. The Morgan fingerprint density at radius 1 is 1.13 bits per heavy atom. The minimum atomic E-state index is -0.185. The smallest absolute Gasteiger partial charge is 0.267 e. The van der Waals surface area contributed by atoms with Crippen LogP contribution in [0.2, 0.25) is 0 Å². The van der Waals surface area contributed by atoms with Crippen molar-refractivity contribution in [2.45, 2.75) is 38.1 Å². The lowest BCUT2D eigenvalue weighted by Gasteiger charge is -2.30. The van der Waals surface area contributed by atoms with Crippen LogP contribution in [0.1, 0.15) is 37.7 Å². The summed E-state index contributed by atoms with van der Waals surface area (Å²) in [4.78, 5) is 35.8. The zero-order valence-corrected chi connectivity index (χ0v) is 18.8. The summed E-state index contributed by atoms with van der Waals surface area (Å²) in [6.07, 6.45) is 8.83. The number of anilines is 1. The van der Waals surface area contributed by atoms with Crippen molar-refractivity contribution in [2.75, 3.05) is 31.2 Å². The Balaban J connectivity index is 1.58. The predicted molar refractivity (Wildman–Crippen MR) is 126 cm³/mol. The SMILES string of the molecule is O=C1/C(=C/c2c(N3CCOCC3)nc3ccccn3c2=O)SC(=S)N1C1CCCCC1. The maximum Gasteiger partial charge on any atom is 0.267 e. The van der Waals surface area contributed by atoms with Crippen molar-refractivity contribution in [3.05, 3.63) is 45.2 Å². The van der Waals surface area contributed by atoms with Crippen LogP contribution >= 0.6 is 24.0 Å². The third-order valence-corrected chi connectivity index (χ3v) is 7.43. The number of rotatable bonds is 3. The predicted octanol–water partition coefficient (Wildman–Crippen LogP) is 3.07. The Morgan fingerprint density at radius 3 is 2.68 bits per heavy atom. The first-order chi connectivity index (χ1) is 15.1. The van der Waals surface area contributed by atoms with Gasteiger partial charge in [-0.3, -0.25) is 18.9 Å². The van der Waals surface area contributed by atoms with Gasteiger partial charge in [0, 0.05) is 25.3 Å². The molecule has 5 rings (SSSR count). The van der Waals surface area contributed by atoms with Crippen LogP contribution < -0.4 is 10.5 Å². The normalized spacial score (nSPS) is 22.1. The van der Waals surface area contributed by atoms with Gasteiger partial charge in [-0.25, -0.2) is 4.98 Å². The molecule has 0 aromatic carbocycles. The van der Waals surface area contributed by atoms with Crippen molar-refractivity contribution in [1.82, 2.24) is 14.3 Å². The van der Waals surface area contributed by atoms with E-state index >= 15 is 0 Å². The zero-order chi connectivity index (χ0) is 21.4. The Labute approximate surface area is 190 Å². The average Bonchev–Trinajstić information content (AvgIpc) is 3.09. The van der Waals surface area contributed by atoms with Gasteiger partial charge in [-0.1, -0.05) is 49.3 Å². The number of ether oxygens (including phenoxy) is 1. The highest BCUT2D eigenvalue weighted by molar-refractivity contribution is 8.26. The minimum absolute atomic E-state index is 0.0904. The first-order valence-corrected chi connectivity index (χ1v) is 12.0. The van der Waals surface area contributed by atoms with Crippen molar-refractivity contribution in [3.8, 4) is 0 Å². The molecule has 31 heavy (non-hydrogen) atoms. The number of aromatic nitrogens is 2. The molecule has 0 N–H and O–H groups in total. The van der Waals surface area contributed by atoms with E-state index in [9.17, 15) is 9.59 Å². The molecular weight excluding hydrogens is 432 g/mol. The molecule has 1 aliphatic carbocycles. The summed E-state index contributed by atoms with van der Waals surface area (Å²) in [5, 5.41) is 0. The van der Waals surface area contributed by atoms with Crippen molar-refractivity contribution in [2.24, 2.45) is 0 Å². The van der Waals surface area contributed by atoms with Gasteiger partial charge in [-0.15, -0.1) is 0 Å². The lowest BCUT2D eigenvalue weighted by Crippen LogP contribution is -2.40. The molecule has 7 nitrogen and oxygen atoms in total. The number of pyridine rings is 1. The van der Waals surface area contributed by atoms with Gasteiger partial charge in [-0.2, -0.15) is 0 Å². The number of thioether (sulfide) groups is 1. The molecule has 0 radical (unpaired) electrons. The third kappa shape index (κ3) is 3.90. The highest BCUT2D eigenvalue weighted by atomic mass is 32.2. The fourth-order valence-electron chi connectivity index (χ4n) is 4.50. The first-order valence-electron chi connectivity index (χ1n) is 10.7. The number of fused-ring (bicyclic) bond motifs is 1. The number of nitrogens with zero attached hydrogens (tertiary/aromatic N) is 4. The van der Waals surface area contributed by atoms with Crippen LogP contribution in [0.25, 0.3) is 11.7 Å². The Hall–Kier alpha value is -2.23. The lowest BCUT2D eigenvalue weighted by molar-refractivity contribution is -0.124. The van der Waals surface area contributed by atoms with E-state index in [1.165, 1.54) is 22.6 Å². The minimum Gasteiger partial charge on any atom is -0.378 e. The van der Waals surface area contributed by atoms with Gasteiger partial charge >= 0.3 is 0 Å². The average molecular weight is 457 g/mol. The second-order valence-electron chi connectivity index (χ2n) is 8.03. The number of carbonyl (C=O) groups is 1. The summed E-state index contributed by atoms with van der Waals surface area (Å²) >= 11 is 6.85. The molecule has 2 aromatic heterocycles. The van der Waals surface area contributed by atoms with Gasteiger partial charge in [0.05, 0.1) is 23.7 Å². The molecule has 2 saturated heterocycles. The van der Waals surface area contributed by atoms with Gasteiger partial charge in [-0.05, 0) is 31.1 Å². The van der Waals surface area contributed by atoms with Crippen LogP contribution in [0, 0.1) is 0 Å². The van der Waals surface area contributed by atoms with Crippen molar-refractivity contribution in [3.63, 3.8) is 0 Å².